The van der Waals surface area contributed by atoms with Gasteiger partial charge in [0.25, 0.3) is 11.8 Å². The molecule has 3 aliphatic heterocycles. The Morgan fingerprint density at radius 3 is 2.82 bits per heavy atom. The number of nitrogens with one attached hydrogen (secondary N) is 1. The van der Waals surface area contributed by atoms with Gasteiger partial charge in [0.05, 0.1) is 24.7 Å². The van der Waals surface area contributed by atoms with E-state index in [1.54, 1.807) is 46.1 Å². The molecular weight excluding hydrogens is 450 g/mol. The van der Waals surface area contributed by atoms with Crippen LogP contribution in [0.15, 0.2) is 48.4 Å². The van der Waals surface area contributed by atoms with Crippen LogP contribution in [0.4, 0.5) is 10.6 Å². The maximum atomic E-state index is 13.3. The van der Waals surface area contributed by atoms with E-state index < -0.39 is 12.1 Å². The number of benzene rings is 1. The van der Waals surface area contributed by atoms with Gasteiger partial charge in [-0.3, -0.25) is 19.2 Å². The topological polar surface area (TPSA) is 106 Å². The minimum absolute atomic E-state index is 0.141. The van der Waals surface area contributed by atoms with Crippen molar-refractivity contribution >= 4 is 35.3 Å². The van der Waals surface area contributed by atoms with Crippen molar-refractivity contribution in [1.82, 2.24) is 20.0 Å². The first-order chi connectivity index (χ1) is 15.9. The summed E-state index contributed by atoms with van der Waals surface area (Å²) in [6.07, 6.45) is 2.87. The first kappa shape index (κ1) is 21.3. The third kappa shape index (κ3) is 4.13. The standard InChI is InChI=1S/C22H22ClN5O5/c1-13-8-17(27-12-14(9-20(27)29)32-18-5-3-2-4-16(18)23)21(30)28(13)19-6-7-26(25-19)11-15-10-24-22(31)33-15/h2-7,9,13,15,17H,8,10-12H2,1H3,(H,24,31)/t13?,15-,17-/m0/s1. The van der Waals surface area contributed by atoms with Gasteiger partial charge in [0.15, 0.2) is 5.82 Å². The van der Waals surface area contributed by atoms with Gasteiger partial charge in [-0.1, -0.05) is 23.7 Å². The Morgan fingerprint density at radius 1 is 1.24 bits per heavy atom. The van der Waals surface area contributed by atoms with Crippen LogP contribution in [0.3, 0.4) is 0 Å². The molecule has 0 saturated carbocycles. The van der Waals surface area contributed by atoms with Gasteiger partial charge in [-0.15, -0.1) is 0 Å². The SMILES string of the molecule is CC1C[C@H](N2CC(Oc3ccccc3Cl)=CC2=O)C(=O)N1c1ccn(C[C@@H]2CNC(=O)O2)n1. The molecular formula is C22H22ClN5O5. The monoisotopic (exact) mass is 471 g/mol. The molecule has 0 radical (unpaired) electrons. The number of ether oxygens (including phenoxy) is 2. The second kappa shape index (κ2) is 8.43. The molecule has 0 spiro atoms. The highest BCUT2D eigenvalue weighted by Crippen LogP contribution is 2.32. The number of hydrogen-bond acceptors (Lipinski definition) is 6. The lowest BCUT2D eigenvalue weighted by Crippen LogP contribution is -2.43. The van der Waals surface area contributed by atoms with E-state index in [2.05, 4.69) is 10.4 Å². The number of hydrogen-bond donors (Lipinski definition) is 1. The van der Waals surface area contributed by atoms with E-state index in [1.165, 1.54) is 11.0 Å². The summed E-state index contributed by atoms with van der Waals surface area (Å²) >= 11 is 6.15. The molecule has 3 amide bonds. The summed E-state index contributed by atoms with van der Waals surface area (Å²) in [5.41, 5.74) is 0. The zero-order valence-electron chi connectivity index (χ0n) is 17.8. The Morgan fingerprint density at radius 2 is 2.06 bits per heavy atom. The van der Waals surface area contributed by atoms with Gasteiger partial charge >= 0.3 is 6.09 Å². The molecule has 4 heterocycles. The molecule has 0 aliphatic carbocycles. The summed E-state index contributed by atoms with van der Waals surface area (Å²) in [5, 5.41) is 7.54. The van der Waals surface area contributed by atoms with E-state index in [4.69, 9.17) is 21.1 Å². The number of rotatable bonds is 6. The molecule has 0 bridgehead atoms. The molecule has 33 heavy (non-hydrogen) atoms. The fourth-order valence-electron chi connectivity index (χ4n) is 4.34. The molecule has 2 saturated heterocycles. The quantitative estimate of drug-likeness (QED) is 0.690. The molecule has 11 heteroatoms. The first-order valence-electron chi connectivity index (χ1n) is 10.6. The highest BCUT2D eigenvalue weighted by molar-refractivity contribution is 6.32. The molecule has 3 aliphatic rings. The zero-order valence-corrected chi connectivity index (χ0v) is 18.6. The average molecular weight is 472 g/mol. The number of nitrogens with zero attached hydrogens (tertiary/aromatic N) is 4. The molecule has 172 valence electrons. The van der Waals surface area contributed by atoms with E-state index in [0.29, 0.717) is 41.9 Å². The second-order valence-corrected chi connectivity index (χ2v) is 8.63. The van der Waals surface area contributed by atoms with Crippen molar-refractivity contribution in [1.29, 1.82) is 0 Å². The van der Waals surface area contributed by atoms with Crippen molar-refractivity contribution < 1.29 is 23.9 Å². The molecule has 1 unspecified atom stereocenters. The van der Waals surface area contributed by atoms with Crippen LogP contribution in [-0.2, 0) is 20.9 Å². The molecule has 2 aromatic rings. The van der Waals surface area contributed by atoms with Crippen molar-refractivity contribution in [2.75, 3.05) is 18.0 Å². The maximum absolute atomic E-state index is 13.3. The number of amides is 3. The van der Waals surface area contributed by atoms with Gasteiger partial charge in [-0.05, 0) is 25.5 Å². The Hall–Kier alpha value is -3.53. The van der Waals surface area contributed by atoms with Gasteiger partial charge in [-0.2, -0.15) is 5.10 Å². The average Bonchev–Trinajstić information content (AvgIpc) is 3.53. The summed E-state index contributed by atoms with van der Waals surface area (Å²) in [7, 11) is 0. The number of aromatic nitrogens is 2. The van der Waals surface area contributed by atoms with E-state index in [-0.39, 0.29) is 30.5 Å². The van der Waals surface area contributed by atoms with Crippen molar-refractivity contribution in [2.24, 2.45) is 0 Å². The van der Waals surface area contributed by atoms with Crippen LogP contribution >= 0.6 is 11.6 Å². The van der Waals surface area contributed by atoms with Crippen LogP contribution < -0.4 is 15.0 Å². The number of carbonyl (C=O) groups excluding carboxylic acids is 3. The predicted octanol–water partition coefficient (Wildman–Crippen LogP) is 1.94. The largest absolute Gasteiger partial charge is 0.458 e. The van der Waals surface area contributed by atoms with Crippen LogP contribution in [0.25, 0.3) is 0 Å². The van der Waals surface area contributed by atoms with Crippen LogP contribution in [0.1, 0.15) is 13.3 Å². The number of carbonyl (C=O) groups is 3. The molecule has 1 N–H and O–H groups in total. The van der Waals surface area contributed by atoms with Gasteiger partial charge in [-0.25, -0.2) is 4.79 Å². The molecule has 10 nitrogen and oxygen atoms in total. The van der Waals surface area contributed by atoms with E-state index in [9.17, 15) is 14.4 Å². The van der Waals surface area contributed by atoms with Crippen molar-refractivity contribution in [3.63, 3.8) is 0 Å². The lowest BCUT2D eigenvalue weighted by Gasteiger charge is -2.23. The lowest BCUT2D eigenvalue weighted by atomic mass is 10.1. The number of cyclic esters (lactones) is 1. The summed E-state index contributed by atoms with van der Waals surface area (Å²) < 4.78 is 12.6. The second-order valence-electron chi connectivity index (χ2n) is 8.22. The third-order valence-electron chi connectivity index (χ3n) is 5.89. The highest BCUT2D eigenvalue weighted by Gasteiger charge is 2.45. The predicted molar refractivity (Wildman–Crippen MR) is 118 cm³/mol. The maximum Gasteiger partial charge on any atom is 0.407 e. The smallest absolute Gasteiger partial charge is 0.407 e. The Kier molecular flexibility index (Phi) is 5.45. The lowest BCUT2D eigenvalue weighted by molar-refractivity contribution is -0.133. The van der Waals surface area contributed by atoms with Crippen molar-refractivity contribution in [3.8, 4) is 5.75 Å². The van der Waals surface area contributed by atoms with Crippen LogP contribution in [-0.4, -0.2) is 63.9 Å². The normalized spacial score (nSPS) is 24.8. The Bertz CT molecular complexity index is 1150. The van der Waals surface area contributed by atoms with Crippen molar-refractivity contribution in [2.45, 2.75) is 38.1 Å². The fraction of sp³-hybridized carbons (Fsp3) is 0.364. The Balaban J connectivity index is 1.25. The molecule has 2 fully saturated rings. The van der Waals surface area contributed by atoms with Crippen molar-refractivity contribution in [3.05, 3.63) is 53.4 Å². The summed E-state index contributed by atoms with van der Waals surface area (Å²) in [5.74, 6) is 0.935. The molecule has 1 aromatic carbocycles. The minimum Gasteiger partial charge on any atom is -0.458 e. The van der Waals surface area contributed by atoms with Crippen LogP contribution in [0, 0.1) is 0 Å². The zero-order chi connectivity index (χ0) is 23.1. The van der Waals surface area contributed by atoms with Gasteiger partial charge in [0.2, 0.25) is 0 Å². The number of anilines is 1. The number of halogens is 1. The number of alkyl carbamates (subject to hydrolysis) is 1. The highest BCUT2D eigenvalue weighted by atomic mass is 35.5. The molecule has 3 atom stereocenters. The Labute approximate surface area is 194 Å². The molecule has 5 rings (SSSR count). The van der Waals surface area contributed by atoms with E-state index in [0.717, 1.165) is 0 Å². The summed E-state index contributed by atoms with van der Waals surface area (Å²) in [6, 6.07) is 8.01. The summed E-state index contributed by atoms with van der Waals surface area (Å²) in [4.78, 5) is 40.3. The van der Waals surface area contributed by atoms with Gasteiger partial charge in [0.1, 0.15) is 23.7 Å². The summed E-state index contributed by atoms with van der Waals surface area (Å²) in [6.45, 7) is 2.91. The van der Waals surface area contributed by atoms with E-state index >= 15 is 0 Å². The number of para-hydroxylation sites is 1. The molecule has 1 aromatic heterocycles. The third-order valence-corrected chi connectivity index (χ3v) is 6.20. The van der Waals surface area contributed by atoms with E-state index in [1.807, 2.05) is 6.92 Å². The van der Waals surface area contributed by atoms with Gasteiger partial charge in [0, 0.05) is 24.4 Å². The fourth-order valence-corrected chi connectivity index (χ4v) is 4.51. The minimum atomic E-state index is -0.610. The van der Waals surface area contributed by atoms with Crippen LogP contribution in [0.2, 0.25) is 5.02 Å². The first-order valence-corrected chi connectivity index (χ1v) is 11.0. The van der Waals surface area contributed by atoms with Crippen LogP contribution in [0.5, 0.6) is 5.75 Å². The van der Waals surface area contributed by atoms with Gasteiger partial charge < -0.3 is 19.7 Å².